The van der Waals surface area contributed by atoms with Gasteiger partial charge in [0, 0.05) is 24.1 Å². The number of hydrogen-bond acceptors (Lipinski definition) is 6. The first-order chi connectivity index (χ1) is 13.9. The van der Waals surface area contributed by atoms with E-state index < -0.39 is 15.5 Å². The van der Waals surface area contributed by atoms with Gasteiger partial charge < -0.3 is 9.84 Å². The normalized spacial score (nSPS) is 18.4. The highest BCUT2D eigenvalue weighted by atomic mass is 35.5. The van der Waals surface area contributed by atoms with E-state index in [4.69, 9.17) is 16.3 Å². The van der Waals surface area contributed by atoms with Gasteiger partial charge >= 0.3 is 0 Å². The summed E-state index contributed by atoms with van der Waals surface area (Å²) in [6.45, 7) is 0.552. The molecule has 0 bridgehead atoms. The molecule has 1 saturated carbocycles. The third kappa shape index (κ3) is 4.28. The zero-order chi connectivity index (χ0) is 20.6. The first-order valence-corrected chi connectivity index (χ1v) is 12.0. The maximum atomic E-state index is 13.2. The van der Waals surface area contributed by atoms with Crippen LogP contribution in [-0.2, 0) is 16.8 Å². The number of ether oxygens (including phenoxy) is 1. The fraction of sp³-hybridized carbons (Fsp3) is 0.500. The van der Waals surface area contributed by atoms with Crippen LogP contribution in [0, 0.1) is 5.92 Å². The number of ketones is 1. The molecule has 1 saturated heterocycles. The predicted molar refractivity (Wildman–Crippen MR) is 112 cm³/mol. The molecule has 1 aliphatic carbocycles. The van der Waals surface area contributed by atoms with Gasteiger partial charge in [-0.15, -0.1) is 0 Å². The Kier molecular flexibility index (Phi) is 5.57. The number of aromatic hydroxyl groups is 1. The van der Waals surface area contributed by atoms with E-state index in [0.717, 1.165) is 32.1 Å². The summed E-state index contributed by atoms with van der Waals surface area (Å²) in [4.78, 5) is 13.0. The molecule has 2 heterocycles. The van der Waals surface area contributed by atoms with E-state index in [9.17, 15) is 14.1 Å². The molecule has 1 N–H and O–H groups in total. The van der Waals surface area contributed by atoms with Crippen LogP contribution in [0.15, 0.2) is 22.7 Å². The van der Waals surface area contributed by atoms with Crippen molar-refractivity contribution < 1.29 is 18.8 Å². The number of benzene rings is 1. The number of hydrogen-bond donors (Lipinski definition) is 1. The van der Waals surface area contributed by atoms with Crippen molar-refractivity contribution in [2.24, 2.45) is 17.3 Å². The molecule has 4 rings (SSSR count). The second-order valence-electron chi connectivity index (χ2n) is 7.70. The third-order valence-electron chi connectivity index (χ3n) is 5.33. The van der Waals surface area contributed by atoms with Crippen LogP contribution in [0.4, 0.5) is 5.69 Å². The minimum Gasteiger partial charge on any atom is -0.493 e. The molecule has 0 spiro atoms. The van der Waals surface area contributed by atoms with E-state index in [1.165, 1.54) is 17.9 Å². The molecule has 156 valence electrons. The zero-order valence-corrected chi connectivity index (χ0v) is 17.8. The van der Waals surface area contributed by atoms with Crippen LogP contribution in [0.1, 0.15) is 48.0 Å². The Bertz CT molecular complexity index is 1060. The lowest BCUT2D eigenvalue weighted by molar-refractivity contribution is 0.103. The first kappa shape index (κ1) is 20.2. The number of rotatable bonds is 6. The average Bonchev–Trinajstić information content (AvgIpc) is 3.47. The Labute approximate surface area is 175 Å². The van der Waals surface area contributed by atoms with E-state index in [1.807, 2.05) is 0 Å². The lowest BCUT2D eigenvalue weighted by atomic mass is 10.0. The SMILES string of the molecule is Cn1ncc(C(=O)c2ccc(OCC3CC3)c(N=S3(=O)CCCCC3)c2Cl)c1O. The minimum atomic E-state index is -2.44. The Morgan fingerprint density at radius 2 is 2.03 bits per heavy atom. The molecule has 0 unspecified atom stereocenters. The van der Waals surface area contributed by atoms with Crippen molar-refractivity contribution in [2.45, 2.75) is 32.1 Å². The predicted octanol–water partition coefficient (Wildman–Crippen LogP) is 4.08. The lowest BCUT2D eigenvalue weighted by Crippen LogP contribution is -2.16. The highest BCUT2D eigenvalue weighted by Gasteiger charge is 2.27. The maximum Gasteiger partial charge on any atom is 0.220 e. The number of carbonyl (C=O) groups excluding carboxylic acids is 1. The van der Waals surface area contributed by atoms with E-state index in [2.05, 4.69) is 9.46 Å². The van der Waals surface area contributed by atoms with E-state index in [1.54, 1.807) is 12.1 Å². The molecule has 9 heteroatoms. The summed E-state index contributed by atoms with van der Waals surface area (Å²) in [6, 6.07) is 3.21. The van der Waals surface area contributed by atoms with E-state index >= 15 is 0 Å². The van der Waals surface area contributed by atoms with Crippen LogP contribution >= 0.6 is 11.6 Å². The van der Waals surface area contributed by atoms with Gasteiger partial charge in [0.1, 0.15) is 17.0 Å². The van der Waals surface area contributed by atoms with Crippen LogP contribution in [0.25, 0.3) is 0 Å². The minimum absolute atomic E-state index is 0.0499. The van der Waals surface area contributed by atoms with Gasteiger partial charge in [0.15, 0.2) is 0 Å². The number of halogens is 1. The molecule has 1 aromatic carbocycles. The summed E-state index contributed by atoms with van der Waals surface area (Å²) in [6.07, 6.45) is 6.33. The number of nitrogens with zero attached hydrogens (tertiary/aromatic N) is 3. The van der Waals surface area contributed by atoms with Gasteiger partial charge in [0.05, 0.1) is 27.6 Å². The van der Waals surface area contributed by atoms with Gasteiger partial charge in [-0.25, -0.2) is 8.89 Å². The molecule has 0 amide bonds. The van der Waals surface area contributed by atoms with Crippen LogP contribution in [-0.4, -0.2) is 43.0 Å². The Morgan fingerprint density at radius 3 is 2.66 bits per heavy atom. The number of aromatic nitrogens is 2. The standard InChI is InChI=1S/C20H24ClN3O4S/c1-24-20(26)15(11-22-24)19(25)14-7-8-16(28-12-13-5-6-13)18(17(14)21)23-29(27)9-3-2-4-10-29/h7-8,11,13,26H,2-6,9-10,12H2,1H3. The molecular weight excluding hydrogens is 414 g/mol. The average molecular weight is 438 g/mol. The second kappa shape index (κ2) is 7.99. The molecule has 29 heavy (non-hydrogen) atoms. The molecule has 7 nitrogen and oxygen atoms in total. The zero-order valence-electron chi connectivity index (χ0n) is 16.3. The molecule has 2 fully saturated rings. The van der Waals surface area contributed by atoms with Crippen molar-refractivity contribution >= 4 is 32.8 Å². The van der Waals surface area contributed by atoms with Crippen LogP contribution in [0.2, 0.25) is 5.02 Å². The fourth-order valence-corrected chi connectivity index (χ4v) is 5.89. The first-order valence-electron chi connectivity index (χ1n) is 9.81. The molecule has 1 aromatic heterocycles. The molecule has 2 aromatic rings. The number of carbonyl (C=O) groups is 1. The van der Waals surface area contributed by atoms with Crippen molar-refractivity contribution in [1.29, 1.82) is 0 Å². The van der Waals surface area contributed by atoms with Gasteiger partial charge in [-0.2, -0.15) is 9.46 Å². The van der Waals surface area contributed by atoms with Gasteiger partial charge in [0.25, 0.3) is 0 Å². The van der Waals surface area contributed by atoms with Crippen LogP contribution in [0.5, 0.6) is 11.6 Å². The van der Waals surface area contributed by atoms with Crippen molar-refractivity contribution in [3.8, 4) is 11.6 Å². The summed E-state index contributed by atoms with van der Waals surface area (Å²) in [5, 5.41) is 14.1. The van der Waals surface area contributed by atoms with Crippen LogP contribution in [0.3, 0.4) is 0 Å². The Balaban J connectivity index is 1.77. The highest BCUT2D eigenvalue weighted by molar-refractivity contribution is 7.93. The topological polar surface area (TPSA) is 93.8 Å². The summed E-state index contributed by atoms with van der Waals surface area (Å²) in [5.41, 5.74) is 0.494. The van der Waals surface area contributed by atoms with Gasteiger partial charge in [-0.3, -0.25) is 4.79 Å². The van der Waals surface area contributed by atoms with E-state index in [-0.39, 0.29) is 27.7 Å². The molecule has 0 atom stereocenters. The molecule has 0 radical (unpaired) electrons. The monoisotopic (exact) mass is 437 g/mol. The summed E-state index contributed by atoms with van der Waals surface area (Å²) in [5.74, 6) is 1.31. The van der Waals surface area contributed by atoms with Gasteiger partial charge in [-0.05, 0) is 43.7 Å². The molecule has 1 aliphatic heterocycles. The highest BCUT2D eigenvalue weighted by Crippen LogP contribution is 2.42. The lowest BCUT2D eigenvalue weighted by Gasteiger charge is -2.18. The smallest absolute Gasteiger partial charge is 0.220 e. The Morgan fingerprint density at radius 1 is 1.31 bits per heavy atom. The summed E-state index contributed by atoms with van der Waals surface area (Å²) < 4.78 is 24.9. The maximum absolute atomic E-state index is 13.2. The Hall–Kier alpha value is -2.06. The fourth-order valence-electron chi connectivity index (χ4n) is 3.34. The molecule has 2 aliphatic rings. The largest absolute Gasteiger partial charge is 0.493 e. The van der Waals surface area contributed by atoms with Crippen molar-refractivity contribution in [3.05, 3.63) is 34.5 Å². The quantitative estimate of drug-likeness (QED) is 0.687. The van der Waals surface area contributed by atoms with Crippen LogP contribution < -0.4 is 4.74 Å². The second-order valence-corrected chi connectivity index (χ2v) is 10.6. The van der Waals surface area contributed by atoms with Gasteiger partial charge in [-0.1, -0.05) is 18.0 Å². The van der Waals surface area contributed by atoms with Crippen molar-refractivity contribution in [2.75, 3.05) is 18.1 Å². The van der Waals surface area contributed by atoms with Crippen molar-refractivity contribution in [3.63, 3.8) is 0 Å². The van der Waals surface area contributed by atoms with Crippen molar-refractivity contribution in [1.82, 2.24) is 9.78 Å². The van der Waals surface area contributed by atoms with Gasteiger partial charge in [0.2, 0.25) is 11.7 Å². The summed E-state index contributed by atoms with van der Waals surface area (Å²) in [7, 11) is -0.900. The number of aryl methyl sites for hydroxylation is 1. The third-order valence-corrected chi connectivity index (χ3v) is 8.08. The molecular formula is C20H24ClN3O4S. The van der Waals surface area contributed by atoms with E-state index in [0.29, 0.717) is 29.8 Å². The summed E-state index contributed by atoms with van der Waals surface area (Å²) >= 11 is 6.60.